The third-order valence-corrected chi connectivity index (χ3v) is 3.03. The van der Waals surface area contributed by atoms with Crippen molar-refractivity contribution < 1.29 is 14.4 Å². The molecule has 0 N–H and O–H groups in total. The molecule has 16 heavy (non-hydrogen) atoms. The molecule has 0 saturated carbocycles. The van der Waals surface area contributed by atoms with Crippen LogP contribution in [0.5, 0.6) is 0 Å². The van der Waals surface area contributed by atoms with Crippen LogP contribution in [0.3, 0.4) is 0 Å². The van der Waals surface area contributed by atoms with Gasteiger partial charge in [-0.1, -0.05) is 13.8 Å². The van der Waals surface area contributed by atoms with Crippen molar-refractivity contribution in [3.05, 3.63) is 0 Å². The van der Waals surface area contributed by atoms with Gasteiger partial charge in [0.15, 0.2) is 5.78 Å². The Balaban J connectivity index is 2.59. The molecule has 0 aromatic carbocycles. The number of ketones is 1. The first-order chi connectivity index (χ1) is 7.47. The van der Waals surface area contributed by atoms with Gasteiger partial charge < -0.3 is 9.80 Å². The van der Waals surface area contributed by atoms with Gasteiger partial charge in [-0.3, -0.25) is 14.4 Å². The van der Waals surface area contributed by atoms with Gasteiger partial charge in [-0.2, -0.15) is 0 Å². The van der Waals surface area contributed by atoms with Gasteiger partial charge in [-0.25, -0.2) is 0 Å². The molecule has 1 rings (SSSR count). The molecule has 5 nitrogen and oxygen atoms in total. The number of hydrogen-bond acceptors (Lipinski definition) is 3. The molecule has 0 bridgehead atoms. The molecule has 1 aliphatic rings. The van der Waals surface area contributed by atoms with Crippen molar-refractivity contribution in [1.82, 2.24) is 9.80 Å². The first kappa shape index (κ1) is 12.7. The summed E-state index contributed by atoms with van der Waals surface area (Å²) in [6.45, 7) is 4.78. The number of carbonyl (C=O) groups is 3. The minimum Gasteiger partial charge on any atom is -0.336 e. The third kappa shape index (κ3) is 2.59. The maximum Gasteiger partial charge on any atom is 0.312 e. The number of rotatable bonds is 4. The zero-order chi connectivity index (χ0) is 12.3. The predicted molar refractivity (Wildman–Crippen MR) is 58.7 cm³/mol. The lowest BCUT2D eigenvalue weighted by Crippen LogP contribution is -2.54. The average molecular weight is 226 g/mol. The van der Waals surface area contributed by atoms with E-state index < -0.39 is 11.8 Å². The van der Waals surface area contributed by atoms with Crippen LogP contribution in [-0.2, 0) is 14.4 Å². The van der Waals surface area contributed by atoms with E-state index >= 15 is 0 Å². The fourth-order valence-electron chi connectivity index (χ4n) is 1.49. The van der Waals surface area contributed by atoms with E-state index in [4.69, 9.17) is 0 Å². The van der Waals surface area contributed by atoms with E-state index in [2.05, 4.69) is 0 Å². The molecule has 1 unspecified atom stereocenters. The van der Waals surface area contributed by atoms with E-state index in [1.807, 2.05) is 13.8 Å². The molecular weight excluding hydrogens is 208 g/mol. The van der Waals surface area contributed by atoms with Crippen LogP contribution in [-0.4, -0.2) is 54.1 Å². The van der Waals surface area contributed by atoms with Crippen LogP contribution in [0.2, 0.25) is 0 Å². The number of nitrogens with zero attached hydrogens (tertiary/aromatic N) is 2. The topological polar surface area (TPSA) is 57.7 Å². The van der Waals surface area contributed by atoms with Crippen LogP contribution < -0.4 is 0 Å². The molecule has 2 amide bonds. The Morgan fingerprint density at radius 2 is 1.94 bits per heavy atom. The number of carbonyl (C=O) groups excluding carboxylic acids is 3. The average Bonchev–Trinajstić information content (AvgIpc) is 2.28. The summed E-state index contributed by atoms with van der Waals surface area (Å²) in [6, 6.07) is 0. The normalized spacial score (nSPS) is 18.9. The van der Waals surface area contributed by atoms with Crippen molar-refractivity contribution in [3.63, 3.8) is 0 Å². The largest absolute Gasteiger partial charge is 0.336 e. The zero-order valence-electron chi connectivity index (χ0n) is 10.0. The van der Waals surface area contributed by atoms with Gasteiger partial charge >= 0.3 is 11.8 Å². The van der Waals surface area contributed by atoms with Crippen LogP contribution in [0.25, 0.3) is 0 Å². The summed E-state index contributed by atoms with van der Waals surface area (Å²) in [6.07, 6.45) is 0.759. The highest BCUT2D eigenvalue weighted by Gasteiger charge is 2.31. The Bertz CT molecular complexity index is 314. The van der Waals surface area contributed by atoms with Gasteiger partial charge in [-0.05, 0) is 6.42 Å². The van der Waals surface area contributed by atoms with Crippen LogP contribution in [0.15, 0.2) is 0 Å². The summed E-state index contributed by atoms with van der Waals surface area (Å²) in [5.74, 6) is -1.12. The Kier molecular flexibility index (Phi) is 4.04. The minimum absolute atomic E-state index is 0.0215. The number of hydrogen-bond donors (Lipinski definition) is 0. The second-order valence-electron chi connectivity index (χ2n) is 4.23. The second kappa shape index (κ2) is 5.09. The van der Waals surface area contributed by atoms with Gasteiger partial charge in [-0.15, -0.1) is 0 Å². The van der Waals surface area contributed by atoms with Gasteiger partial charge in [0.25, 0.3) is 0 Å². The molecule has 1 heterocycles. The fourth-order valence-corrected chi connectivity index (χ4v) is 1.49. The van der Waals surface area contributed by atoms with E-state index in [9.17, 15) is 14.4 Å². The second-order valence-corrected chi connectivity index (χ2v) is 4.23. The lowest BCUT2D eigenvalue weighted by molar-refractivity contribution is -0.155. The maximum absolute atomic E-state index is 11.7. The Hall–Kier alpha value is -1.39. The highest BCUT2D eigenvalue weighted by molar-refractivity contribution is 6.35. The third-order valence-electron chi connectivity index (χ3n) is 3.03. The van der Waals surface area contributed by atoms with E-state index in [0.717, 1.165) is 6.42 Å². The molecule has 1 atom stereocenters. The SMILES string of the molecule is CCC(C)C(=O)CN1CCN(C)C(=O)C1=O. The Morgan fingerprint density at radius 1 is 1.31 bits per heavy atom. The molecule has 90 valence electrons. The standard InChI is InChI=1S/C11H18N2O3/c1-4-8(2)9(14)7-13-6-5-12(3)10(15)11(13)16/h8H,4-7H2,1-3H3. The van der Waals surface area contributed by atoms with Crippen molar-refractivity contribution in [3.8, 4) is 0 Å². The maximum atomic E-state index is 11.7. The molecule has 1 saturated heterocycles. The van der Waals surface area contributed by atoms with Crippen molar-refractivity contribution >= 4 is 17.6 Å². The van der Waals surface area contributed by atoms with Gasteiger partial charge in [0.2, 0.25) is 0 Å². The summed E-state index contributed by atoms with van der Waals surface area (Å²) in [5.41, 5.74) is 0. The highest BCUT2D eigenvalue weighted by atomic mass is 16.2. The smallest absolute Gasteiger partial charge is 0.312 e. The van der Waals surface area contributed by atoms with E-state index in [1.165, 1.54) is 9.80 Å². The first-order valence-electron chi connectivity index (χ1n) is 5.54. The fraction of sp³-hybridized carbons (Fsp3) is 0.727. The zero-order valence-corrected chi connectivity index (χ0v) is 10.0. The summed E-state index contributed by atoms with van der Waals surface area (Å²) in [7, 11) is 1.59. The molecule has 0 aromatic rings. The minimum atomic E-state index is -0.564. The Labute approximate surface area is 95.4 Å². The molecule has 1 aliphatic heterocycles. The molecule has 0 aromatic heterocycles. The van der Waals surface area contributed by atoms with E-state index in [0.29, 0.717) is 13.1 Å². The highest BCUT2D eigenvalue weighted by Crippen LogP contribution is 2.07. The van der Waals surface area contributed by atoms with E-state index in [-0.39, 0.29) is 18.2 Å². The molecule has 0 aliphatic carbocycles. The van der Waals surface area contributed by atoms with Gasteiger partial charge in [0.1, 0.15) is 0 Å². The molecule has 0 spiro atoms. The lowest BCUT2D eigenvalue weighted by Gasteiger charge is -2.31. The van der Waals surface area contributed by atoms with Crippen molar-refractivity contribution in [2.24, 2.45) is 5.92 Å². The van der Waals surface area contributed by atoms with Crippen LogP contribution in [0.4, 0.5) is 0 Å². The van der Waals surface area contributed by atoms with Crippen molar-refractivity contribution in [1.29, 1.82) is 0 Å². The summed E-state index contributed by atoms with van der Waals surface area (Å²) in [5, 5.41) is 0. The molecular formula is C11H18N2O3. The predicted octanol–water partition coefficient (Wildman–Crippen LogP) is -0.0978. The number of piperazine rings is 1. The number of Topliss-reactive ketones (excluding diaryl/α,β-unsaturated/α-hetero) is 1. The molecule has 0 radical (unpaired) electrons. The summed E-state index contributed by atoms with van der Waals surface area (Å²) >= 11 is 0. The van der Waals surface area contributed by atoms with Gasteiger partial charge in [0, 0.05) is 26.1 Å². The lowest BCUT2D eigenvalue weighted by atomic mass is 10.0. The summed E-state index contributed by atoms with van der Waals surface area (Å²) in [4.78, 5) is 37.3. The Morgan fingerprint density at radius 3 is 2.50 bits per heavy atom. The quantitative estimate of drug-likeness (QED) is 0.629. The first-order valence-corrected chi connectivity index (χ1v) is 5.54. The summed E-state index contributed by atoms with van der Waals surface area (Å²) < 4.78 is 0. The van der Waals surface area contributed by atoms with Crippen LogP contribution >= 0.6 is 0 Å². The van der Waals surface area contributed by atoms with Crippen LogP contribution in [0.1, 0.15) is 20.3 Å². The van der Waals surface area contributed by atoms with E-state index in [1.54, 1.807) is 7.05 Å². The number of likely N-dealkylation sites (N-methyl/N-ethyl adjacent to an activating group) is 1. The monoisotopic (exact) mass is 226 g/mol. The van der Waals surface area contributed by atoms with Crippen molar-refractivity contribution in [2.45, 2.75) is 20.3 Å². The van der Waals surface area contributed by atoms with Gasteiger partial charge in [0.05, 0.1) is 6.54 Å². The number of amides is 2. The molecule has 5 heteroatoms. The van der Waals surface area contributed by atoms with Crippen molar-refractivity contribution in [2.75, 3.05) is 26.7 Å². The van der Waals surface area contributed by atoms with Crippen LogP contribution in [0, 0.1) is 5.92 Å². The molecule has 1 fully saturated rings.